The van der Waals surface area contributed by atoms with Crippen molar-refractivity contribution < 1.29 is 22.5 Å². The summed E-state index contributed by atoms with van der Waals surface area (Å²) in [5.41, 5.74) is 3.24. The Morgan fingerprint density at radius 1 is 1.19 bits per heavy atom. The SMILES string of the molecule is Cc1noc(-c2ccc3nc(Nc4cc(CN5CCN(C(=O)CC(F)(F)F)CC5)c(Br)cn4)[nH]c3c2)n1. The molecule has 1 aliphatic heterocycles. The molecule has 3 aromatic heterocycles. The molecule has 1 amide bonds. The van der Waals surface area contributed by atoms with Gasteiger partial charge in [0.05, 0.1) is 11.0 Å². The number of carbonyl (C=O) groups is 1. The molecule has 0 atom stereocenters. The molecule has 14 heteroatoms. The number of aromatic nitrogens is 5. The quantitative estimate of drug-likeness (QED) is 0.345. The number of piperazine rings is 1. The highest BCUT2D eigenvalue weighted by Gasteiger charge is 2.34. The van der Waals surface area contributed by atoms with Crippen LogP contribution in [0.4, 0.5) is 24.9 Å². The summed E-state index contributed by atoms with van der Waals surface area (Å²) < 4.78 is 43.6. The molecular weight excluding hydrogens is 557 g/mol. The van der Waals surface area contributed by atoms with Crippen LogP contribution in [0.2, 0.25) is 0 Å². The monoisotopic (exact) mass is 578 g/mol. The van der Waals surface area contributed by atoms with Gasteiger partial charge >= 0.3 is 6.18 Å². The summed E-state index contributed by atoms with van der Waals surface area (Å²) in [6.45, 7) is 3.77. The van der Waals surface area contributed by atoms with Crippen LogP contribution in [0.5, 0.6) is 0 Å². The number of halogens is 4. The van der Waals surface area contributed by atoms with Gasteiger partial charge in [0.15, 0.2) is 5.82 Å². The summed E-state index contributed by atoms with van der Waals surface area (Å²) >= 11 is 3.52. The fourth-order valence-electron chi connectivity index (χ4n) is 4.09. The first-order valence-electron chi connectivity index (χ1n) is 11.4. The number of hydrogen-bond acceptors (Lipinski definition) is 8. The fourth-order valence-corrected chi connectivity index (χ4v) is 4.43. The summed E-state index contributed by atoms with van der Waals surface area (Å²) in [6, 6.07) is 7.46. The van der Waals surface area contributed by atoms with Crippen LogP contribution >= 0.6 is 15.9 Å². The molecule has 10 nitrogen and oxygen atoms in total. The minimum atomic E-state index is -4.49. The maximum Gasteiger partial charge on any atom is 0.397 e. The number of nitrogens with zero attached hydrogens (tertiary/aromatic N) is 6. The zero-order valence-corrected chi connectivity index (χ0v) is 21.2. The number of hydrogen-bond donors (Lipinski definition) is 2. The molecule has 0 spiro atoms. The fraction of sp³-hybridized carbons (Fsp3) is 0.348. The number of alkyl halides is 3. The first kappa shape index (κ1) is 25.1. The van der Waals surface area contributed by atoms with Crippen molar-refractivity contribution in [2.75, 3.05) is 31.5 Å². The van der Waals surface area contributed by atoms with Gasteiger partial charge in [0.1, 0.15) is 12.2 Å². The van der Waals surface area contributed by atoms with E-state index in [1.807, 2.05) is 24.3 Å². The molecule has 0 saturated carbocycles. The number of fused-ring (bicyclic) bond motifs is 1. The van der Waals surface area contributed by atoms with Crippen molar-refractivity contribution >= 4 is 44.6 Å². The molecular formula is C23H22BrF3N8O2. The lowest BCUT2D eigenvalue weighted by Crippen LogP contribution is -2.49. The Bertz CT molecular complexity index is 1430. The van der Waals surface area contributed by atoms with Crippen molar-refractivity contribution in [3.63, 3.8) is 0 Å². The number of imidazole rings is 1. The standard InChI is InChI=1S/C23H22BrF3N8O2/c1-13-29-21(37-33-13)14-2-3-17-18(8-14)31-22(30-17)32-19-9-15(16(24)11-28-19)12-34-4-6-35(7-5-34)20(36)10-23(25,26)27/h2-3,8-9,11H,4-7,10,12H2,1H3,(H2,28,30,31,32). The van der Waals surface area contributed by atoms with E-state index in [1.54, 1.807) is 13.1 Å². The van der Waals surface area contributed by atoms with Crippen LogP contribution < -0.4 is 5.32 Å². The lowest BCUT2D eigenvalue weighted by Gasteiger charge is -2.35. The van der Waals surface area contributed by atoms with Gasteiger partial charge in [-0.05, 0) is 52.7 Å². The van der Waals surface area contributed by atoms with Gasteiger partial charge in [-0.2, -0.15) is 18.2 Å². The van der Waals surface area contributed by atoms with Crippen molar-refractivity contribution in [1.29, 1.82) is 0 Å². The van der Waals surface area contributed by atoms with Crippen molar-refractivity contribution in [3.05, 3.63) is 46.3 Å². The number of nitrogens with one attached hydrogen (secondary N) is 2. The molecule has 2 N–H and O–H groups in total. The summed E-state index contributed by atoms with van der Waals surface area (Å²) in [4.78, 5) is 31.6. The highest BCUT2D eigenvalue weighted by molar-refractivity contribution is 9.10. The molecule has 1 aromatic carbocycles. The van der Waals surface area contributed by atoms with Crippen molar-refractivity contribution in [2.45, 2.75) is 26.1 Å². The van der Waals surface area contributed by atoms with Crippen LogP contribution in [0, 0.1) is 6.92 Å². The molecule has 5 rings (SSSR count). The number of amides is 1. The molecule has 4 aromatic rings. The van der Waals surface area contributed by atoms with Gasteiger partial charge in [-0.3, -0.25) is 9.69 Å². The summed E-state index contributed by atoms with van der Waals surface area (Å²) in [5.74, 6) is 1.17. The predicted octanol–water partition coefficient (Wildman–Crippen LogP) is 4.42. The van der Waals surface area contributed by atoms with E-state index >= 15 is 0 Å². The number of H-pyrrole nitrogens is 1. The van der Waals surface area contributed by atoms with E-state index in [-0.39, 0.29) is 13.1 Å². The zero-order valence-electron chi connectivity index (χ0n) is 19.6. The van der Waals surface area contributed by atoms with Gasteiger partial charge in [-0.1, -0.05) is 5.16 Å². The molecule has 0 aliphatic carbocycles. The lowest BCUT2D eigenvalue weighted by molar-refractivity contribution is -0.162. The minimum absolute atomic E-state index is 0.257. The Labute approximate surface area is 217 Å². The van der Waals surface area contributed by atoms with Gasteiger partial charge in [0.25, 0.3) is 5.89 Å². The largest absolute Gasteiger partial charge is 0.397 e. The Kier molecular flexibility index (Phi) is 6.86. The molecule has 0 bridgehead atoms. The topological polar surface area (TPSA) is 116 Å². The van der Waals surface area contributed by atoms with Crippen LogP contribution in [-0.2, 0) is 11.3 Å². The summed E-state index contributed by atoms with van der Waals surface area (Å²) in [6.07, 6.45) is -4.23. The molecule has 1 saturated heterocycles. The average Bonchev–Trinajstić information content (AvgIpc) is 3.45. The molecule has 4 heterocycles. The number of benzene rings is 1. The predicted molar refractivity (Wildman–Crippen MR) is 132 cm³/mol. The highest BCUT2D eigenvalue weighted by atomic mass is 79.9. The number of aromatic amines is 1. The molecule has 0 unspecified atom stereocenters. The molecule has 1 aliphatic rings. The smallest absolute Gasteiger partial charge is 0.340 e. The number of rotatable bonds is 6. The number of pyridine rings is 1. The third kappa shape index (κ3) is 6.07. The van der Waals surface area contributed by atoms with E-state index in [4.69, 9.17) is 4.52 Å². The second-order valence-electron chi connectivity index (χ2n) is 8.70. The minimum Gasteiger partial charge on any atom is -0.340 e. The van der Waals surface area contributed by atoms with Crippen LogP contribution in [0.15, 0.2) is 39.5 Å². The summed E-state index contributed by atoms with van der Waals surface area (Å²) in [7, 11) is 0. The first-order valence-corrected chi connectivity index (χ1v) is 12.2. The van der Waals surface area contributed by atoms with E-state index in [0.717, 1.165) is 26.6 Å². The van der Waals surface area contributed by atoms with Gasteiger partial charge in [0, 0.05) is 49.0 Å². The second kappa shape index (κ2) is 10.1. The van der Waals surface area contributed by atoms with Gasteiger partial charge in [0.2, 0.25) is 11.9 Å². The highest BCUT2D eigenvalue weighted by Crippen LogP contribution is 2.26. The maximum atomic E-state index is 12.5. The average molecular weight is 579 g/mol. The lowest BCUT2D eigenvalue weighted by atomic mass is 10.2. The third-order valence-corrected chi connectivity index (χ3v) is 6.62. The number of carbonyl (C=O) groups excluding carboxylic acids is 1. The Hall–Kier alpha value is -3.52. The van der Waals surface area contributed by atoms with E-state index in [1.165, 1.54) is 4.90 Å². The van der Waals surface area contributed by atoms with Crippen LogP contribution in [0.3, 0.4) is 0 Å². The van der Waals surface area contributed by atoms with E-state index in [2.05, 4.69) is 51.2 Å². The number of aryl methyl sites for hydroxylation is 1. The molecule has 37 heavy (non-hydrogen) atoms. The van der Waals surface area contributed by atoms with E-state index < -0.39 is 18.5 Å². The van der Waals surface area contributed by atoms with Crippen molar-refractivity contribution in [3.8, 4) is 11.5 Å². The van der Waals surface area contributed by atoms with Crippen molar-refractivity contribution in [2.24, 2.45) is 0 Å². The van der Waals surface area contributed by atoms with Crippen LogP contribution in [0.1, 0.15) is 17.8 Å². The molecule has 0 radical (unpaired) electrons. The van der Waals surface area contributed by atoms with Crippen LogP contribution in [-0.4, -0.2) is 73.2 Å². The third-order valence-electron chi connectivity index (χ3n) is 5.91. The molecule has 194 valence electrons. The summed E-state index contributed by atoms with van der Waals surface area (Å²) in [5, 5.41) is 6.99. The van der Waals surface area contributed by atoms with Gasteiger partial charge < -0.3 is 19.7 Å². The van der Waals surface area contributed by atoms with Crippen molar-refractivity contribution in [1.82, 2.24) is 34.9 Å². The van der Waals surface area contributed by atoms with Crippen LogP contribution in [0.25, 0.3) is 22.5 Å². The zero-order chi connectivity index (χ0) is 26.2. The Balaban J connectivity index is 1.23. The Morgan fingerprint density at radius 2 is 1.97 bits per heavy atom. The Morgan fingerprint density at radius 3 is 2.68 bits per heavy atom. The normalized spacial score (nSPS) is 14.9. The van der Waals surface area contributed by atoms with E-state index in [0.29, 0.717) is 43.1 Å². The molecule has 1 fully saturated rings. The van der Waals surface area contributed by atoms with Gasteiger partial charge in [-0.25, -0.2) is 9.97 Å². The van der Waals surface area contributed by atoms with Gasteiger partial charge in [-0.15, -0.1) is 0 Å². The van der Waals surface area contributed by atoms with E-state index in [9.17, 15) is 18.0 Å². The number of anilines is 2. The first-order chi connectivity index (χ1) is 17.6. The maximum absolute atomic E-state index is 12.5. The second-order valence-corrected chi connectivity index (χ2v) is 9.55.